The highest BCUT2D eigenvalue weighted by Crippen LogP contribution is 2.25. The van der Waals surface area contributed by atoms with Crippen molar-refractivity contribution in [2.75, 3.05) is 0 Å². The second-order valence-electron chi connectivity index (χ2n) is 2.75. The monoisotopic (exact) mass is 180 g/mol. The predicted octanol–water partition coefficient (Wildman–Crippen LogP) is 0.0773. The summed E-state index contributed by atoms with van der Waals surface area (Å²) in [7, 11) is 0. The van der Waals surface area contributed by atoms with Crippen LogP contribution in [0, 0.1) is 0 Å². The lowest BCUT2D eigenvalue weighted by Gasteiger charge is -2.04. The van der Waals surface area contributed by atoms with Gasteiger partial charge in [-0.25, -0.2) is 0 Å². The average Bonchev–Trinajstić information content (AvgIpc) is 2.11. The molecule has 0 spiro atoms. The molecule has 0 heterocycles. The highest BCUT2D eigenvalue weighted by molar-refractivity contribution is 5.59. The van der Waals surface area contributed by atoms with Gasteiger partial charge in [0.1, 0.15) is 0 Å². The van der Waals surface area contributed by atoms with E-state index in [-0.39, 0.29) is 11.5 Å². The summed E-state index contributed by atoms with van der Waals surface area (Å²) in [5, 5.41) is 18.1. The van der Waals surface area contributed by atoms with Gasteiger partial charge in [0.05, 0.1) is 6.04 Å². The van der Waals surface area contributed by atoms with E-state index in [0.29, 0.717) is 12.0 Å². The molecule has 0 aliphatic heterocycles. The zero-order valence-electron chi connectivity index (χ0n) is 6.90. The average molecular weight is 180 g/mol. The van der Waals surface area contributed by atoms with E-state index in [1.165, 1.54) is 12.1 Å². The number of carbonyl (C=O) groups excluding carboxylic acids is 1. The summed E-state index contributed by atoms with van der Waals surface area (Å²) in [6.07, 6.45) is 1.93. The van der Waals surface area contributed by atoms with E-state index >= 15 is 0 Å². The van der Waals surface area contributed by atoms with Crippen LogP contribution >= 0.6 is 0 Å². The van der Waals surface area contributed by atoms with E-state index in [9.17, 15) is 4.79 Å². The SMILES string of the molecule is N[C@H]([C]=O)Cc1ccc(O)c(O)c1. The summed E-state index contributed by atoms with van der Waals surface area (Å²) >= 11 is 0. The molecule has 13 heavy (non-hydrogen) atoms. The van der Waals surface area contributed by atoms with Crippen molar-refractivity contribution in [3.8, 4) is 11.5 Å². The zero-order chi connectivity index (χ0) is 9.84. The maximum Gasteiger partial charge on any atom is 0.217 e. The van der Waals surface area contributed by atoms with E-state index in [1.54, 1.807) is 12.4 Å². The van der Waals surface area contributed by atoms with Crippen LogP contribution in [0.5, 0.6) is 11.5 Å². The molecule has 0 aliphatic carbocycles. The first-order valence-electron chi connectivity index (χ1n) is 3.77. The highest BCUT2D eigenvalue weighted by Gasteiger charge is 2.05. The largest absolute Gasteiger partial charge is 0.504 e. The third kappa shape index (κ3) is 2.45. The fraction of sp³-hybridized carbons (Fsp3) is 0.222. The summed E-state index contributed by atoms with van der Waals surface area (Å²) in [6, 6.07) is 3.62. The topological polar surface area (TPSA) is 83.6 Å². The minimum absolute atomic E-state index is 0.188. The van der Waals surface area contributed by atoms with Gasteiger partial charge in [-0.15, -0.1) is 0 Å². The van der Waals surface area contributed by atoms with Crippen LogP contribution in [0.15, 0.2) is 18.2 Å². The molecule has 0 aromatic heterocycles. The number of phenols is 2. The van der Waals surface area contributed by atoms with Gasteiger partial charge in [0, 0.05) is 0 Å². The minimum atomic E-state index is -0.691. The minimum Gasteiger partial charge on any atom is -0.504 e. The second-order valence-corrected chi connectivity index (χ2v) is 2.75. The zero-order valence-corrected chi connectivity index (χ0v) is 6.90. The van der Waals surface area contributed by atoms with E-state index in [0.717, 1.165) is 0 Å². The number of phenolic OH excluding ortho intramolecular Hbond substituents is 2. The lowest BCUT2D eigenvalue weighted by atomic mass is 10.1. The predicted molar refractivity (Wildman–Crippen MR) is 47.1 cm³/mol. The third-order valence-electron chi connectivity index (χ3n) is 1.65. The molecule has 0 aliphatic rings. The maximum absolute atomic E-state index is 10.1. The Balaban J connectivity index is 2.79. The molecule has 4 N–H and O–H groups in total. The molecule has 1 radical (unpaired) electrons. The van der Waals surface area contributed by atoms with Crippen molar-refractivity contribution in [1.82, 2.24) is 0 Å². The molecule has 0 unspecified atom stereocenters. The van der Waals surface area contributed by atoms with Gasteiger partial charge in [-0.1, -0.05) is 6.07 Å². The first-order chi connectivity index (χ1) is 6.13. The van der Waals surface area contributed by atoms with Crippen molar-refractivity contribution in [2.24, 2.45) is 5.73 Å². The molecule has 1 aromatic carbocycles. The molecule has 4 nitrogen and oxygen atoms in total. The molecule has 0 amide bonds. The number of aromatic hydroxyl groups is 2. The molecule has 0 bridgehead atoms. The Bertz CT molecular complexity index is 312. The lowest BCUT2D eigenvalue weighted by Crippen LogP contribution is -2.23. The van der Waals surface area contributed by atoms with Crippen molar-refractivity contribution < 1.29 is 15.0 Å². The number of nitrogens with two attached hydrogens (primary N) is 1. The summed E-state index contributed by atoms with van der Waals surface area (Å²) in [6.45, 7) is 0. The van der Waals surface area contributed by atoms with Crippen molar-refractivity contribution >= 4 is 6.29 Å². The number of hydrogen-bond acceptors (Lipinski definition) is 4. The summed E-state index contributed by atoms with van der Waals surface area (Å²) in [4.78, 5) is 10.1. The van der Waals surface area contributed by atoms with Crippen LogP contribution in [-0.4, -0.2) is 22.5 Å². The van der Waals surface area contributed by atoms with Gasteiger partial charge in [0.25, 0.3) is 0 Å². The molecule has 0 fully saturated rings. The van der Waals surface area contributed by atoms with Crippen LogP contribution in [-0.2, 0) is 11.2 Å². The van der Waals surface area contributed by atoms with Crippen LogP contribution in [0.25, 0.3) is 0 Å². The molecule has 69 valence electrons. The highest BCUT2D eigenvalue weighted by atomic mass is 16.3. The van der Waals surface area contributed by atoms with E-state index in [4.69, 9.17) is 15.9 Å². The van der Waals surface area contributed by atoms with Crippen LogP contribution in [0.1, 0.15) is 5.56 Å². The molecule has 1 aromatic rings. The van der Waals surface area contributed by atoms with Gasteiger partial charge in [-0.2, -0.15) is 0 Å². The lowest BCUT2D eigenvalue weighted by molar-refractivity contribution is 0.403. The normalized spacial score (nSPS) is 12.4. The van der Waals surface area contributed by atoms with Gasteiger partial charge in [-0.3, -0.25) is 4.79 Å². The Morgan fingerprint density at radius 1 is 1.38 bits per heavy atom. The maximum atomic E-state index is 10.1. The fourth-order valence-electron chi connectivity index (χ4n) is 0.992. The van der Waals surface area contributed by atoms with Crippen molar-refractivity contribution in [3.05, 3.63) is 23.8 Å². The molecule has 4 heteroatoms. The molecular weight excluding hydrogens is 170 g/mol. The van der Waals surface area contributed by atoms with Crippen molar-refractivity contribution in [2.45, 2.75) is 12.5 Å². The van der Waals surface area contributed by atoms with Crippen LogP contribution in [0.2, 0.25) is 0 Å². The quantitative estimate of drug-likeness (QED) is 0.575. The summed E-state index contributed by atoms with van der Waals surface area (Å²) in [5.41, 5.74) is 6.01. The first kappa shape index (κ1) is 9.54. The molecule has 0 saturated heterocycles. The Morgan fingerprint density at radius 3 is 2.62 bits per heavy atom. The van der Waals surface area contributed by atoms with Crippen molar-refractivity contribution in [3.63, 3.8) is 0 Å². The molecule has 0 saturated carbocycles. The van der Waals surface area contributed by atoms with E-state index < -0.39 is 6.04 Å². The van der Waals surface area contributed by atoms with E-state index in [2.05, 4.69) is 0 Å². The Labute approximate surface area is 75.6 Å². The van der Waals surface area contributed by atoms with Gasteiger partial charge in [-0.05, 0) is 24.1 Å². The van der Waals surface area contributed by atoms with E-state index in [1.807, 2.05) is 0 Å². The number of hydrogen-bond donors (Lipinski definition) is 3. The van der Waals surface area contributed by atoms with Gasteiger partial charge in [0.2, 0.25) is 6.29 Å². The molecule has 1 atom stereocenters. The smallest absolute Gasteiger partial charge is 0.217 e. The Hall–Kier alpha value is -1.55. The number of rotatable bonds is 3. The Morgan fingerprint density at radius 2 is 2.08 bits per heavy atom. The van der Waals surface area contributed by atoms with Crippen LogP contribution < -0.4 is 5.73 Å². The first-order valence-corrected chi connectivity index (χ1v) is 3.77. The number of benzene rings is 1. The van der Waals surface area contributed by atoms with Gasteiger partial charge >= 0.3 is 0 Å². The second kappa shape index (κ2) is 3.91. The summed E-state index contributed by atoms with van der Waals surface area (Å²) in [5.74, 6) is -0.400. The van der Waals surface area contributed by atoms with Crippen LogP contribution in [0.4, 0.5) is 0 Å². The third-order valence-corrected chi connectivity index (χ3v) is 1.65. The van der Waals surface area contributed by atoms with Gasteiger partial charge in [0.15, 0.2) is 11.5 Å². The van der Waals surface area contributed by atoms with Crippen molar-refractivity contribution in [1.29, 1.82) is 0 Å². The molecule has 1 rings (SSSR count). The Kier molecular flexibility index (Phi) is 2.87. The standard InChI is InChI=1S/C9H10NO3/c10-7(5-11)3-6-1-2-8(12)9(13)4-6/h1-2,4,7,12-13H,3,10H2/t7-/m0/s1. The summed E-state index contributed by atoms with van der Waals surface area (Å²) < 4.78 is 0. The molecular formula is C9H10NO3. The van der Waals surface area contributed by atoms with Gasteiger partial charge < -0.3 is 15.9 Å². The van der Waals surface area contributed by atoms with Crippen LogP contribution in [0.3, 0.4) is 0 Å². The fourth-order valence-corrected chi connectivity index (χ4v) is 0.992.